The first kappa shape index (κ1) is 12.2. The van der Waals surface area contributed by atoms with Crippen LogP contribution in [0.15, 0.2) is 24.3 Å². The summed E-state index contributed by atoms with van der Waals surface area (Å²) in [4.78, 5) is 16.2. The quantitative estimate of drug-likeness (QED) is 0.884. The zero-order chi connectivity index (χ0) is 12.3. The van der Waals surface area contributed by atoms with Gasteiger partial charge >= 0.3 is 0 Å². The highest BCUT2D eigenvalue weighted by Gasteiger charge is 2.11. The predicted molar refractivity (Wildman–Crippen MR) is 71.2 cm³/mol. The van der Waals surface area contributed by atoms with E-state index >= 15 is 0 Å². The van der Waals surface area contributed by atoms with E-state index in [0.717, 1.165) is 15.2 Å². The van der Waals surface area contributed by atoms with Crippen molar-refractivity contribution in [3.63, 3.8) is 0 Å². The van der Waals surface area contributed by atoms with Gasteiger partial charge in [-0.1, -0.05) is 19.1 Å². The molecule has 0 spiro atoms. The maximum Gasteiger partial charge on any atom is 0.140 e. The van der Waals surface area contributed by atoms with Gasteiger partial charge in [-0.3, -0.25) is 4.79 Å². The minimum Gasteiger partial charge on any atom is -0.330 e. The van der Waals surface area contributed by atoms with Gasteiger partial charge in [0, 0.05) is 6.42 Å². The van der Waals surface area contributed by atoms with Crippen LogP contribution in [0.5, 0.6) is 0 Å². The number of aromatic nitrogens is 1. The Hall–Kier alpha value is -1.26. The van der Waals surface area contributed by atoms with Crippen LogP contribution in [0, 0.1) is 5.92 Å². The highest BCUT2D eigenvalue weighted by atomic mass is 32.1. The number of ketones is 1. The summed E-state index contributed by atoms with van der Waals surface area (Å²) in [6, 6.07) is 7.96. The van der Waals surface area contributed by atoms with Gasteiger partial charge in [-0.2, -0.15) is 0 Å². The van der Waals surface area contributed by atoms with Gasteiger partial charge in [-0.05, 0) is 24.6 Å². The van der Waals surface area contributed by atoms with Crippen molar-refractivity contribution >= 4 is 27.3 Å². The monoisotopic (exact) mass is 248 g/mol. The molecule has 1 aromatic heterocycles. The number of para-hydroxylation sites is 1. The van der Waals surface area contributed by atoms with Gasteiger partial charge in [-0.25, -0.2) is 4.98 Å². The Kier molecular flexibility index (Phi) is 3.86. The maximum absolute atomic E-state index is 11.8. The number of fused-ring (bicyclic) bond motifs is 1. The van der Waals surface area contributed by atoms with E-state index in [9.17, 15) is 4.79 Å². The van der Waals surface area contributed by atoms with Crippen molar-refractivity contribution in [3.05, 3.63) is 29.3 Å². The van der Waals surface area contributed by atoms with Gasteiger partial charge in [0.15, 0.2) is 0 Å². The minimum atomic E-state index is 0.224. The molecule has 0 aliphatic carbocycles. The molecule has 0 amide bonds. The number of carbonyl (C=O) groups excluding carboxylic acids is 1. The number of nitrogens with zero attached hydrogens (tertiary/aromatic N) is 1. The Labute approximate surface area is 105 Å². The smallest absolute Gasteiger partial charge is 0.140 e. The summed E-state index contributed by atoms with van der Waals surface area (Å²) in [7, 11) is 0. The van der Waals surface area contributed by atoms with Crippen molar-refractivity contribution in [1.29, 1.82) is 0 Å². The molecule has 0 aliphatic heterocycles. The highest BCUT2D eigenvalue weighted by molar-refractivity contribution is 7.18. The van der Waals surface area contributed by atoms with Crippen molar-refractivity contribution in [2.24, 2.45) is 11.7 Å². The highest BCUT2D eigenvalue weighted by Crippen LogP contribution is 2.22. The minimum absolute atomic E-state index is 0.224. The van der Waals surface area contributed by atoms with Gasteiger partial charge < -0.3 is 5.73 Å². The van der Waals surface area contributed by atoms with Gasteiger partial charge in [0.1, 0.15) is 10.8 Å². The molecule has 2 rings (SSSR count). The van der Waals surface area contributed by atoms with Crippen LogP contribution in [0.25, 0.3) is 10.2 Å². The molecule has 17 heavy (non-hydrogen) atoms. The molecule has 2 aromatic rings. The van der Waals surface area contributed by atoms with Crippen molar-refractivity contribution < 1.29 is 4.79 Å². The van der Waals surface area contributed by atoms with E-state index in [2.05, 4.69) is 4.98 Å². The number of rotatable bonds is 5. The third-order valence-electron chi connectivity index (χ3n) is 2.67. The third kappa shape index (κ3) is 3.11. The lowest BCUT2D eigenvalue weighted by molar-refractivity contribution is -0.119. The Morgan fingerprint density at radius 3 is 2.94 bits per heavy atom. The van der Waals surface area contributed by atoms with Crippen molar-refractivity contribution in [1.82, 2.24) is 4.98 Å². The maximum atomic E-state index is 11.8. The molecule has 0 fully saturated rings. The van der Waals surface area contributed by atoms with E-state index in [1.54, 1.807) is 11.3 Å². The first-order valence-corrected chi connectivity index (χ1v) is 6.57. The van der Waals surface area contributed by atoms with Crippen LogP contribution in [0.4, 0.5) is 0 Å². The molecule has 0 aliphatic rings. The molecule has 3 nitrogen and oxygen atoms in total. The molecule has 0 saturated heterocycles. The summed E-state index contributed by atoms with van der Waals surface area (Å²) in [5.74, 6) is 0.485. The molecule has 2 N–H and O–H groups in total. The summed E-state index contributed by atoms with van der Waals surface area (Å²) < 4.78 is 1.14. The van der Waals surface area contributed by atoms with E-state index in [1.807, 2.05) is 31.2 Å². The molecular formula is C13H16N2OS. The average Bonchev–Trinajstić information content (AvgIpc) is 2.70. The Morgan fingerprint density at radius 1 is 1.47 bits per heavy atom. The molecule has 1 unspecified atom stereocenters. The van der Waals surface area contributed by atoms with Crippen LogP contribution < -0.4 is 5.73 Å². The second-order valence-electron chi connectivity index (χ2n) is 4.34. The molecule has 0 saturated carbocycles. The number of thiazole rings is 1. The lowest BCUT2D eigenvalue weighted by Gasteiger charge is -2.05. The summed E-state index contributed by atoms with van der Waals surface area (Å²) in [6.07, 6.45) is 0.982. The van der Waals surface area contributed by atoms with Crippen LogP contribution in [0.1, 0.15) is 18.4 Å². The van der Waals surface area contributed by atoms with E-state index in [4.69, 9.17) is 5.73 Å². The number of hydrogen-bond acceptors (Lipinski definition) is 4. The summed E-state index contributed by atoms with van der Waals surface area (Å²) in [6.45, 7) is 2.56. The topological polar surface area (TPSA) is 56.0 Å². The average molecular weight is 248 g/mol. The molecule has 1 heterocycles. The molecule has 0 radical (unpaired) electrons. The molecule has 4 heteroatoms. The third-order valence-corrected chi connectivity index (χ3v) is 3.70. The van der Waals surface area contributed by atoms with Crippen LogP contribution in [0.2, 0.25) is 0 Å². The first-order valence-electron chi connectivity index (χ1n) is 5.75. The predicted octanol–water partition coefficient (Wildman–Crippen LogP) is 2.39. The standard InChI is InChI=1S/C13H16N2OS/c1-9(8-14)6-10(16)7-13-15-11-4-2-3-5-12(11)17-13/h2-5,9H,6-8,14H2,1H3. The molecule has 0 bridgehead atoms. The van der Waals surface area contributed by atoms with Crippen molar-refractivity contribution in [2.75, 3.05) is 6.54 Å². The summed E-state index contributed by atoms with van der Waals surface area (Å²) in [5.41, 5.74) is 6.49. The fraction of sp³-hybridized carbons (Fsp3) is 0.385. The van der Waals surface area contributed by atoms with Crippen LogP contribution in [-0.4, -0.2) is 17.3 Å². The molecule has 1 aromatic carbocycles. The van der Waals surface area contributed by atoms with Crippen LogP contribution >= 0.6 is 11.3 Å². The Morgan fingerprint density at radius 2 is 2.24 bits per heavy atom. The number of hydrogen-bond donors (Lipinski definition) is 1. The van der Waals surface area contributed by atoms with Gasteiger partial charge in [0.2, 0.25) is 0 Å². The van der Waals surface area contributed by atoms with E-state index < -0.39 is 0 Å². The number of Topliss-reactive ketones (excluding diaryl/α,β-unsaturated/α-hetero) is 1. The Balaban J connectivity index is 2.05. The molecule has 90 valence electrons. The van der Waals surface area contributed by atoms with Gasteiger partial charge in [0.05, 0.1) is 16.6 Å². The molecule has 1 atom stereocenters. The van der Waals surface area contributed by atoms with Crippen LogP contribution in [-0.2, 0) is 11.2 Å². The van der Waals surface area contributed by atoms with Crippen molar-refractivity contribution in [3.8, 4) is 0 Å². The molecular weight excluding hydrogens is 232 g/mol. The van der Waals surface area contributed by atoms with Gasteiger partial charge in [0.25, 0.3) is 0 Å². The normalized spacial score (nSPS) is 12.8. The lowest BCUT2D eigenvalue weighted by Crippen LogP contribution is -2.16. The fourth-order valence-corrected chi connectivity index (χ4v) is 2.70. The fourth-order valence-electron chi connectivity index (χ4n) is 1.71. The van der Waals surface area contributed by atoms with E-state index in [0.29, 0.717) is 19.4 Å². The van der Waals surface area contributed by atoms with Gasteiger partial charge in [-0.15, -0.1) is 11.3 Å². The van der Waals surface area contributed by atoms with E-state index in [1.165, 1.54) is 0 Å². The lowest BCUT2D eigenvalue weighted by atomic mass is 10.0. The SMILES string of the molecule is CC(CN)CC(=O)Cc1nc2ccccc2s1. The second kappa shape index (κ2) is 5.38. The number of nitrogens with two attached hydrogens (primary N) is 1. The number of benzene rings is 1. The largest absolute Gasteiger partial charge is 0.330 e. The van der Waals surface area contributed by atoms with Crippen LogP contribution in [0.3, 0.4) is 0 Å². The zero-order valence-corrected chi connectivity index (χ0v) is 10.7. The second-order valence-corrected chi connectivity index (χ2v) is 5.45. The Bertz CT molecular complexity index is 488. The van der Waals surface area contributed by atoms with Crippen molar-refractivity contribution in [2.45, 2.75) is 19.8 Å². The first-order chi connectivity index (χ1) is 8.19. The van der Waals surface area contributed by atoms with E-state index in [-0.39, 0.29) is 11.7 Å². The summed E-state index contributed by atoms with van der Waals surface area (Å²) >= 11 is 1.60. The summed E-state index contributed by atoms with van der Waals surface area (Å²) in [5, 5.41) is 0.903. The number of carbonyl (C=O) groups is 1. The zero-order valence-electron chi connectivity index (χ0n) is 9.85.